The van der Waals surface area contributed by atoms with Crippen LogP contribution in [0.3, 0.4) is 0 Å². The minimum atomic E-state index is 0. The molecule has 1 aromatic carbocycles. The van der Waals surface area contributed by atoms with Crippen molar-refractivity contribution in [1.29, 1.82) is 0 Å². The zero-order valence-corrected chi connectivity index (χ0v) is 13.5. The molecule has 6 nitrogen and oxygen atoms in total. The Kier molecular flexibility index (Phi) is 4.02. The summed E-state index contributed by atoms with van der Waals surface area (Å²) >= 11 is 0. The van der Waals surface area contributed by atoms with E-state index in [1.165, 1.54) is 5.56 Å². The normalized spacial score (nSPS) is 14.7. The van der Waals surface area contributed by atoms with Crippen molar-refractivity contribution in [3.8, 4) is 16.9 Å². The number of nitrogens with zero attached hydrogens (tertiary/aromatic N) is 3. The molecule has 0 unspecified atom stereocenters. The standard InChI is InChI=1S/C17H18N4O.H3N.H2/c1-11-19-15-8-13(9-18-17(15)20-11)12-3-4-16-14(7-12)10-21(2)5-6-22-16;;/h3-4,7-9H,5-6,10H2,1-2H3,(H,18,19,20);1H3;1H. The second-order valence-electron chi connectivity index (χ2n) is 5.83. The van der Waals surface area contributed by atoms with Gasteiger partial charge in [-0.05, 0) is 37.7 Å². The van der Waals surface area contributed by atoms with Crippen molar-refractivity contribution in [3.63, 3.8) is 0 Å². The monoisotopic (exact) mass is 313 g/mol. The molecule has 0 bridgehead atoms. The Morgan fingerprint density at radius 2 is 2.13 bits per heavy atom. The number of aryl methyl sites for hydroxylation is 1. The maximum atomic E-state index is 5.81. The number of aromatic amines is 1. The first-order chi connectivity index (χ1) is 10.7. The average molecular weight is 313 g/mol. The van der Waals surface area contributed by atoms with Gasteiger partial charge in [-0.3, -0.25) is 4.90 Å². The Bertz CT molecular complexity index is 848. The van der Waals surface area contributed by atoms with E-state index in [2.05, 4.69) is 51.2 Å². The zero-order chi connectivity index (χ0) is 15.1. The third kappa shape index (κ3) is 2.91. The van der Waals surface area contributed by atoms with E-state index in [0.29, 0.717) is 0 Å². The van der Waals surface area contributed by atoms with Crippen molar-refractivity contribution in [1.82, 2.24) is 26.0 Å². The molecule has 2 aromatic heterocycles. The van der Waals surface area contributed by atoms with Crippen molar-refractivity contribution in [2.75, 3.05) is 20.2 Å². The fraction of sp³-hybridized carbons (Fsp3) is 0.294. The minimum absolute atomic E-state index is 0. The molecule has 0 aliphatic carbocycles. The fourth-order valence-corrected chi connectivity index (χ4v) is 2.88. The van der Waals surface area contributed by atoms with Gasteiger partial charge in [-0.25, -0.2) is 9.97 Å². The van der Waals surface area contributed by atoms with Gasteiger partial charge in [0.05, 0.1) is 5.52 Å². The van der Waals surface area contributed by atoms with Crippen LogP contribution in [0.4, 0.5) is 0 Å². The molecule has 23 heavy (non-hydrogen) atoms. The number of hydrogen-bond acceptors (Lipinski definition) is 5. The highest BCUT2D eigenvalue weighted by atomic mass is 16.5. The van der Waals surface area contributed by atoms with Crippen LogP contribution in [0.2, 0.25) is 0 Å². The van der Waals surface area contributed by atoms with Gasteiger partial charge in [-0.1, -0.05) is 6.07 Å². The highest BCUT2D eigenvalue weighted by molar-refractivity contribution is 5.78. The molecular weight excluding hydrogens is 290 g/mol. The summed E-state index contributed by atoms with van der Waals surface area (Å²) in [6.45, 7) is 4.54. The van der Waals surface area contributed by atoms with E-state index in [0.717, 1.165) is 53.6 Å². The molecule has 0 fully saturated rings. The van der Waals surface area contributed by atoms with Gasteiger partial charge in [0.15, 0.2) is 5.65 Å². The van der Waals surface area contributed by atoms with Gasteiger partial charge < -0.3 is 15.9 Å². The van der Waals surface area contributed by atoms with Gasteiger partial charge in [-0.2, -0.15) is 0 Å². The molecule has 0 spiro atoms. The van der Waals surface area contributed by atoms with Gasteiger partial charge in [0.1, 0.15) is 18.2 Å². The average Bonchev–Trinajstić information content (AvgIpc) is 2.76. The summed E-state index contributed by atoms with van der Waals surface area (Å²) in [5, 5.41) is 0. The molecule has 1 aliphatic rings. The number of aromatic nitrogens is 3. The number of hydrogen-bond donors (Lipinski definition) is 2. The lowest BCUT2D eigenvalue weighted by Crippen LogP contribution is -2.20. The molecule has 0 radical (unpaired) electrons. The number of nitrogens with one attached hydrogen (secondary N) is 1. The quantitative estimate of drug-likeness (QED) is 0.720. The summed E-state index contributed by atoms with van der Waals surface area (Å²) in [5.41, 5.74) is 5.20. The van der Waals surface area contributed by atoms with Gasteiger partial charge in [0.2, 0.25) is 0 Å². The molecule has 4 rings (SSSR count). The lowest BCUT2D eigenvalue weighted by molar-refractivity contribution is 0.259. The molecular formula is C17H23N5O. The molecule has 1 aliphatic heterocycles. The molecule has 0 atom stereocenters. The Morgan fingerprint density at radius 3 is 3.00 bits per heavy atom. The lowest BCUT2D eigenvalue weighted by atomic mass is 10.0. The van der Waals surface area contributed by atoms with Crippen LogP contribution in [0.1, 0.15) is 12.8 Å². The number of H-pyrrole nitrogens is 1. The maximum absolute atomic E-state index is 5.81. The Hall–Kier alpha value is -2.44. The summed E-state index contributed by atoms with van der Waals surface area (Å²) in [6.07, 6.45) is 1.88. The number of ether oxygens (including phenoxy) is 1. The third-order valence-corrected chi connectivity index (χ3v) is 4.02. The van der Waals surface area contributed by atoms with Crippen molar-refractivity contribution >= 4 is 11.2 Å². The molecule has 3 aromatic rings. The number of imidazole rings is 1. The van der Waals surface area contributed by atoms with Crippen LogP contribution < -0.4 is 10.9 Å². The Morgan fingerprint density at radius 1 is 1.26 bits per heavy atom. The van der Waals surface area contributed by atoms with E-state index in [1.807, 2.05) is 13.1 Å². The Balaban J connectivity index is 0.00000104. The molecule has 0 amide bonds. The smallest absolute Gasteiger partial charge is 0.177 e. The summed E-state index contributed by atoms with van der Waals surface area (Å²) in [4.78, 5) is 14.3. The summed E-state index contributed by atoms with van der Waals surface area (Å²) in [6, 6.07) is 8.46. The molecule has 6 heteroatoms. The van der Waals surface area contributed by atoms with Crippen molar-refractivity contribution < 1.29 is 6.16 Å². The first-order valence-electron chi connectivity index (χ1n) is 7.46. The Labute approximate surface area is 136 Å². The highest BCUT2D eigenvalue weighted by Gasteiger charge is 2.14. The number of benzene rings is 1. The topological polar surface area (TPSA) is 89.0 Å². The zero-order valence-electron chi connectivity index (χ0n) is 13.5. The van der Waals surface area contributed by atoms with Crippen LogP contribution in [0, 0.1) is 6.92 Å². The van der Waals surface area contributed by atoms with Crippen molar-refractivity contribution in [2.24, 2.45) is 0 Å². The van der Waals surface area contributed by atoms with E-state index in [-0.39, 0.29) is 7.58 Å². The van der Waals surface area contributed by atoms with Gasteiger partial charge in [0, 0.05) is 31.8 Å². The highest BCUT2D eigenvalue weighted by Crippen LogP contribution is 2.29. The number of likely N-dealkylation sites (N-methyl/N-ethyl adjacent to an activating group) is 1. The van der Waals surface area contributed by atoms with Crippen molar-refractivity contribution in [2.45, 2.75) is 13.5 Å². The van der Waals surface area contributed by atoms with Gasteiger partial charge in [-0.15, -0.1) is 0 Å². The van der Waals surface area contributed by atoms with E-state index >= 15 is 0 Å². The van der Waals surface area contributed by atoms with Crippen LogP contribution in [-0.2, 0) is 6.54 Å². The summed E-state index contributed by atoms with van der Waals surface area (Å²) in [5.74, 6) is 1.87. The minimum Gasteiger partial charge on any atom is -0.492 e. The summed E-state index contributed by atoms with van der Waals surface area (Å²) < 4.78 is 5.81. The largest absolute Gasteiger partial charge is 0.492 e. The molecule has 4 N–H and O–H groups in total. The van der Waals surface area contributed by atoms with Gasteiger partial charge >= 0.3 is 0 Å². The second kappa shape index (κ2) is 5.98. The van der Waals surface area contributed by atoms with E-state index < -0.39 is 0 Å². The van der Waals surface area contributed by atoms with Gasteiger partial charge in [0.25, 0.3) is 0 Å². The number of rotatable bonds is 1. The second-order valence-corrected chi connectivity index (χ2v) is 5.83. The van der Waals surface area contributed by atoms with Crippen LogP contribution in [0.5, 0.6) is 5.75 Å². The molecule has 0 saturated carbocycles. The van der Waals surface area contributed by atoms with E-state index in [4.69, 9.17) is 4.74 Å². The fourth-order valence-electron chi connectivity index (χ4n) is 2.88. The van der Waals surface area contributed by atoms with Crippen LogP contribution in [0.25, 0.3) is 22.3 Å². The predicted octanol–water partition coefficient (Wildman–Crippen LogP) is 3.17. The van der Waals surface area contributed by atoms with E-state index in [9.17, 15) is 0 Å². The van der Waals surface area contributed by atoms with E-state index in [1.54, 1.807) is 0 Å². The van der Waals surface area contributed by atoms with Crippen LogP contribution in [-0.4, -0.2) is 40.1 Å². The first kappa shape index (κ1) is 15.5. The summed E-state index contributed by atoms with van der Waals surface area (Å²) in [7, 11) is 2.12. The molecule has 0 saturated heterocycles. The first-order valence-corrected chi connectivity index (χ1v) is 7.46. The predicted molar refractivity (Wildman–Crippen MR) is 93.0 cm³/mol. The van der Waals surface area contributed by atoms with Crippen molar-refractivity contribution in [3.05, 3.63) is 41.9 Å². The molecule has 122 valence electrons. The number of pyridine rings is 1. The maximum Gasteiger partial charge on any atom is 0.177 e. The number of fused-ring (bicyclic) bond motifs is 2. The lowest BCUT2D eigenvalue weighted by Gasteiger charge is -2.12. The SMILES string of the molecule is Cc1nc2ncc(-c3ccc4c(c3)CN(C)CCO4)cc2[nH]1.N.[HH]. The molecule has 3 heterocycles. The van der Waals surface area contributed by atoms with Crippen LogP contribution >= 0.6 is 0 Å². The third-order valence-electron chi connectivity index (χ3n) is 4.02. The van der Waals surface area contributed by atoms with Crippen LogP contribution in [0.15, 0.2) is 30.5 Å².